The van der Waals surface area contributed by atoms with Gasteiger partial charge in [-0.3, -0.25) is 13.8 Å². The lowest BCUT2D eigenvalue weighted by atomic mass is 10.2. The predicted molar refractivity (Wildman–Crippen MR) is 71.3 cm³/mol. The topological polar surface area (TPSA) is 106 Å². The Kier molecular flexibility index (Phi) is 4.85. The molecule has 0 saturated carbocycles. The van der Waals surface area contributed by atoms with Gasteiger partial charge in [-0.25, -0.2) is 0 Å². The van der Waals surface area contributed by atoms with Crippen LogP contribution >= 0.6 is 0 Å². The number of hydrogen-bond donors (Lipinski definition) is 2. The Morgan fingerprint density at radius 3 is 2.28 bits per heavy atom. The lowest BCUT2D eigenvalue weighted by molar-refractivity contribution is -0.116. The van der Waals surface area contributed by atoms with E-state index in [0.29, 0.717) is 11.4 Å². The molecule has 1 aromatic rings. The molecule has 2 amide bonds. The molecule has 0 spiro atoms. The van der Waals surface area contributed by atoms with Gasteiger partial charge in [0.2, 0.25) is 11.8 Å². The Balaban J connectivity index is 2.64. The summed E-state index contributed by atoms with van der Waals surface area (Å²) in [7, 11) is -0.00460. The summed E-state index contributed by atoms with van der Waals surface area (Å²) in [5.41, 5.74) is 11.7. The molecular weight excluding hydrogens is 254 g/mol. The van der Waals surface area contributed by atoms with Gasteiger partial charge in [-0.15, -0.1) is 0 Å². The predicted octanol–water partition coefficient (Wildman–Crippen LogP) is -0.534. The number of amides is 2. The fraction of sp³-hybridized carbons (Fsp3) is 0.273. The first-order valence-electron chi connectivity index (χ1n) is 5.15. The Morgan fingerprint density at radius 2 is 1.78 bits per heavy atom. The number of benzene rings is 1. The Hall–Kier alpha value is -1.89. The molecule has 0 aromatic heterocycles. The fourth-order valence-corrected chi connectivity index (χ4v) is 2.17. The molecule has 1 rings (SSSR count). The summed E-state index contributed by atoms with van der Waals surface area (Å²) in [5.74, 6) is -1.57. The minimum atomic E-state index is -1.57. The van der Waals surface area contributed by atoms with Crippen LogP contribution in [0.5, 0.6) is 0 Å². The maximum Gasteiger partial charge on any atom is 0.239 e. The van der Waals surface area contributed by atoms with E-state index in [1.54, 1.807) is 31.3 Å². The number of nitrogens with two attached hydrogens (primary N) is 2. The maximum atomic E-state index is 11.8. The van der Waals surface area contributed by atoms with Crippen molar-refractivity contribution in [3.63, 3.8) is 0 Å². The zero-order valence-electron chi connectivity index (χ0n) is 9.96. The molecule has 98 valence electrons. The Labute approximate surface area is 107 Å². The van der Waals surface area contributed by atoms with E-state index in [1.807, 2.05) is 0 Å². The third-order valence-corrected chi connectivity index (χ3v) is 3.42. The lowest BCUT2D eigenvalue weighted by Gasteiger charge is -2.17. The molecule has 1 atom stereocenters. The minimum absolute atomic E-state index is 0.232. The van der Waals surface area contributed by atoms with Crippen molar-refractivity contribution in [2.45, 2.75) is 0 Å². The van der Waals surface area contributed by atoms with Gasteiger partial charge in [0.1, 0.15) is 11.5 Å². The highest BCUT2D eigenvalue weighted by atomic mass is 32.2. The van der Waals surface area contributed by atoms with Gasteiger partial charge in [0.05, 0.1) is 0 Å². The second-order valence-corrected chi connectivity index (χ2v) is 5.20. The van der Waals surface area contributed by atoms with Gasteiger partial charge in [0.15, 0.2) is 0 Å². The van der Waals surface area contributed by atoms with Crippen molar-refractivity contribution < 1.29 is 13.8 Å². The molecule has 4 N–H and O–H groups in total. The summed E-state index contributed by atoms with van der Waals surface area (Å²) in [6.45, 7) is 0. The Morgan fingerprint density at radius 1 is 1.22 bits per heavy atom. The largest absolute Gasteiger partial charge is 0.399 e. The van der Waals surface area contributed by atoms with Crippen molar-refractivity contribution in [3.8, 4) is 0 Å². The van der Waals surface area contributed by atoms with Crippen LogP contribution in [0.4, 0.5) is 11.4 Å². The Bertz CT molecular complexity index is 473. The van der Waals surface area contributed by atoms with E-state index < -0.39 is 16.7 Å². The smallest absolute Gasteiger partial charge is 0.239 e. The van der Waals surface area contributed by atoms with Crippen LogP contribution in [-0.4, -0.2) is 34.6 Å². The van der Waals surface area contributed by atoms with Crippen molar-refractivity contribution in [2.24, 2.45) is 5.73 Å². The quantitative estimate of drug-likeness (QED) is 0.700. The van der Waals surface area contributed by atoms with Crippen LogP contribution < -0.4 is 16.4 Å². The van der Waals surface area contributed by atoms with Crippen LogP contribution in [0.1, 0.15) is 0 Å². The monoisotopic (exact) mass is 269 g/mol. The first kappa shape index (κ1) is 14.2. The van der Waals surface area contributed by atoms with Crippen LogP contribution in [0.25, 0.3) is 0 Å². The van der Waals surface area contributed by atoms with Crippen LogP contribution in [0.15, 0.2) is 24.3 Å². The fourth-order valence-electron chi connectivity index (χ4n) is 1.29. The second-order valence-electron chi connectivity index (χ2n) is 3.74. The minimum Gasteiger partial charge on any atom is -0.399 e. The van der Waals surface area contributed by atoms with Crippen LogP contribution in [-0.2, 0) is 20.4 Å². The summed E-state index contributed by atoms with van der Waals surface area (Å²) < 4.78 is 11.4. The summed E-state index contributed by atoms with van der Waals surface area (Å²) >= 11 is 0. The lowest BCUT2D eigenvalue weighted by Crippen LogP contribution is -2.33. The van der Waals surface area contributed by atoms with E-state index in [-0.39, 0.29) is 17.4 Å². The maximum absolute atomic E-state index is 11.8. The zero-order valence-corrected chi connectivity index (χ0v) is 10.8. The first-order chi connectivity index (χ1) is 8.40. The van der Waals surface area contributed by atoms with Gasteiger partial charge in [0, 0.05) is 29.2 Å². The summed E-state index contributed by atoms with van der Waals surface area (Å²) in [6, 6.07) is 6.70. The third kappa shape index (κ3) is 4.17. The SMILES string of the molecule is CN(C(=O)CS(=O)CC(N)=O)c1ccc(N)cc1. The van der Waals surface area contributed by atoms with E-state index in [4.69, 9.17) is 11.5 Å². The van der Waals surface area contributed by atoms with Crippen molar-refractivity contribution in [1.82, 2.24) is 0 Å². The number of rotatable bonds is 5. The molecule has 1 aromatic carbocycles. The molecule has 0 aliphatic heterocycles. The highest BCUT2D eigenvalue weighted by Crippen LogP contribution is 2.14. The molecule has 0 fully saturated rings. The van der Waals surface area contributed by atoms with Crippen molar-refractivity contribution >= 4 is 34.0 Å². The summed E-state index contributed by atoms with van der Waals surface area (Å²) in [6.07, 6.45) is 0. The van der Waals surface area contributed by atoms with E-state index in [9.17, 15) is 13.8 Å². The molecule has 0 aliphatic rings. The third-order valence-electron chi connectivity index (χ3n) is 2.24. The summed E-state index contributed by atoms with van der Waals surface area (Å²) in [5, 5.41) is 0. The average Bonchev–Trinajstić information content (AvgIpc) is 2.27. The van der Waals surface area contributed by atoms with Crippen LogP contribution in [0.2, 0.25) is 0 Å². The van der Waals surface area contributed by atoms with Crippen LogP contribution in [0.3, 0.4) is 0 Å². The number of hydrogen-bond acceptors (Lipinski definition) is 4. The van der Waals surface area contributed by atoms with E-state index in [1.165, 1.54) is 4.90 Å². The molecule has 0 saturated heterocycles. The number of anilines is 2. The highest BCUT2D eigenvalue weighted by molar-refractivity contribution is 7.86. The molecule has 0 aliphatic carbocycles. The second kappa shape index (κ2) is 6.15. The number of nitrogens with zero attached hydrogens (tertiary/aromatic N) is 1. The van der Waals surface area contributed by atoms with Gasteiger partial charge in [-0.05, 0) is 24.3 Å². The highest BCUT2D eigenvalue weighted by Gasteiger charge is 2.15. The molecule has 6 nitrogen and oxygen atoms in total. The van der Waals surface area contributed by atoms with Gasteiger partial charge in [0.25, 0.3) is 0 Å². The van der Waals surface area contributed by atoms with Gasteiger partial charge >= 0.3 is 0 Å². The van der Waals surface area contributed by atoms with Crippen LogP contribution in [0, 0.1) is 0 Å². The van der Waals surface area contributed by atoms with E-state index in [2.05, 4.69) is 0 Å². The van der Waals surface area contributed by atoms with E-state index in [0.717, 1.165) is 0 Å². The molecule has 0 radical (unpaired) electrons. The number of carbonyl (C=O) groups excluding carboxylic acids is 2. The van der Waals surface area contributed by atoms with E-state index >= 15 is 0 Å². The zero-order chi connectivity index (χ0) is 13.7. The van der Waals surface area contributed by atoms with Crippen molar-refractivity contribution in [2.75, 3.05) is 29.2 Å². The standard InChI is InChI=1S/C11H15N3O3S/c1-14(9-4-2-8(12)3-5-9)11(16)7-18(17)6-10(13)15/h2-5H,6-7,12H2,1H3,(H2,13,15). The molecule has 1 unspecified atom stereocenters. The summed E-state index contributed by atoms with van der Waals surface area (Å²) in [4.78, 5) is 23.7. The number of nitrogen functional groups attached to an aromatic ring is 1. The van der Waals surface area contributed by atoms with Crippen molar-refractivity contribution in [3.05, 3.63) is 24.3 Å². The number of carbonyl (C=O) groups is 2. The molecule has 18 heavy (non-hydrogen) atoms. The van der Waals surface area contributed by atoms with Gasteiger partial charge in [-0.1, -0.05) is 0 Å². The van der Waals surface area contributed by atoms with Gasteiger partial charge < -0.3 is 16.4 Å². The van der Waals surface area contributed by atoms with Crippen molar-refractivity contribution in [1.29, 1.82) is 0 Å². The molecular formula is C11H15N3O3S. The first-order valence-corrected chi connectivity index (χ1v) is 6.64. The normalized spacial score (nSPS) is 11.8. The number of primary amides is 1. The molecule has 7 heteroatoms. The molecule has 0 bridgehead atoms. The molecule has 0 heterocycles. The average molecular weight is 269 g/mol. The van der Waals surface area contributed by atoms with Gasteiger partial charge in [-0.2, -0.15) is 0 Å².